The van der Waals surface area contributed by atoms with E-state index in [1.165, 1.54) is 18.2 Å². The molecule has 1 amide bonds. The molecule has 1 aliphatic rings. The third kappa shape index (κ3) is 1.72. The number of nitrogens with zero attached hydrogens (tertiary/aromatic N) is 2. The van der Waals surface area contributed by atoms with Gasteiger partial charge in [0.2, 0.25) is 0 Å². The SMILES string of the molecule is CC1=NN(c2c(F)cccc2Cl)C(=O)C1. The van der Waals surface area contributed by atoms with Crippen LogP contribution in [0.25, 0.3) is 0 Å². The first-order valence-corrected chi connectivity index (χ1v) is 4.78. The van der Waals surface area contributed by atoms with Crippen molar-refractivity contribution in [2.75, 3.05) is 5.01 Å². The number of rotatable bonds is 1. The maximum Gasteiger partial charge on any atom is 0.253 e. The number of benzene rings is 1. The molecule has 1 aliphatic heterocycles. The summed E-state index contributed by atoms with van der Waals surface area (Å²) in [5, 5.41) is 5.14. The largest absolute Gasteiger partial charge is 0.272 e. The second-order valence-corrected chi connectivity index (χ2v) is 3.70. The van der Waals surface area contributed by atoms with Crippen molar-refractivity contribution < 1.29 is 9.18 Å². The Morgan fingerprint density at radius 2 is 2.27 bits per heavy atom. The van der Waals surface area contributed by atoms with Gasteiger partial charge in [0.15, 0.2) is 5.82 Å². The first-order chi connectivity index (χ1) is 7.09. The topological polar surface area (TPSA) is 32.7 Å². The highest BCUT2D eigenvalue weighted by molar-refractivity contribution is 6.34. The van der Waals surface area contributed by atoms with Crippen molar-refractivity contribution in [2.45, 2.75) is 13.3 Å². The zero-order valence-electron chi connectivity index (χ0n) is 8.00. The molecule has 2 rings (SSSR count). The first kappa shape index (κ1) is 10.1. The Balaban J connectivity index is 2.50. The Morgan fingerprint density at radius 1 is 1.53 bits per heavy atom. The molecule has 0 aromatic heterocycles. The van der Waals surface area contributed by atoms with Gasteiger partial charge < -0.3 is 0 Å². The molecule has 0 N–H and O–H groups in total. The maximum absolute atomic E-state index is 13.5. The molecule has 0 radical (unpaired) electrons. The van der Waals surface area contributed by atoms with Crippen molar-refractivity contribution in [3.8, 4) is 0 Å². The van der Waals surface area contributed by atoms with Crippen molar-refractivity contribution >= 4 is 28.9 Å². The minimum absolute atomic E-state index is 0.0287. The Bertz CT molecular complexity index is 438. The van der Waals surface area contributed by atoms with Crippen LogP contribution in [0.15, 0.2) is 23.3 Å². The summed E-state index contributed by atoms with van der Waals surface area (Å²) < 4.78 is 13.5. The number of carbonyl (C=O) groups is 1. The Hall–Kier alpha value is -1.42. The van der Waals surface area contributed by atoms with Gasteiger partial charge >= 0.3 is 0 Å². The second-order valence-electron chi connectivity index (χ2n) is 3.29. The molecule has 0 saturated carbocycles. The van der Waals surface area contributed by atoms with Crippen LogP contribution in [0, 0.1) is 5.82 Å². The number of hydrazone groups is 1. The van der Waals surface area contributed by atoms with Crippen LogP contribution in [-0.2, 0) is 4.79 Å². The monoisotopic (exact) mass is 226 g/mol. The van der Waals surface area contributed by atoms with Gasteiger partial charge in [-0.05, 0) is 19.1 Å². The third-order valence-corrected chi connectivity index (χ3v) is 2.37. The lowest BCUT2D eigenvalue weighted by atomic mass is 10.2. The van der Waals surface area contributed by atoms with Gasteiger partial charge in [0.1, 0.15) is 5.69 Å². The maximum atomic E-state index is 13.5. The normalized spacial score (nSPS) is 15.8. The summed E-state index contributed by atoms with van der Waals surface area (Å²) in [4.78, 5) is 11.5. The van der Waals surface area contributed by atoms with Gasteiger partial charge in [0, 0.05) is 5.71 Å². The Morgan fingerprint density at radius 3 is 2.80 bits per heavy atom. The Labute approximate surface area is 91.1 Å². The van der Waals surface area contributed by atoms with E-state index in [2.05, 4.69) is 5.10 Å². The van der Waals surface area contributed by atoms with Gasteiger partial charge in [0.05, 0.1) is 11.4 Å². The van der Waals surface area contributed by atoms with E-state index in [0.717, 1.165) is 5.01 Å². The van der Waals surface area contributed by atoms with Crippen LogP contribution in [0.4, 0.5) is 10.1 Å². The van der Waals surface area contributed by atoms with Gasteiger partial charge in [-0.25, -0.2) is 4.39 Å². The number of anilines is 1. The van der Waals surface area contributed by atoms with E-state index in [1.54, 1.807) is 6.92 Å². The average molecular weight is 227 g/mol. The number of hydrogen-bond donors (Lipinski definition) is 0. The molecule has 0 atom stereocenters. The molecule has 0 bridgehead atoms. The molecule has 1 heterocycles. The quantitative estimate of drug-likeness (QED) is 0.725. The molecule has 0 aliphatic carbocycles. The van der Waals surface area contributed by atoms with Crippen LogP contribution >= 0.6 is 11.6 Å². The highest BCUT2D eigenvalue weighted by Gasteiger charge is 2.26. The van der Waals surface area contributed by atoms with Crippen molar-refractivity contribution in [1.82, 2.24) is 0 Å². The van der Waals surface area contributed by atoms with Crippen molar-refractivity contribution in [1.29, 1.82) is 0 Å². The van der Waals surface area contributed by atoms with Crippen molar-refractivity contribution in [3.05, 3.63) is 29.0 Å². The molecular weight excluding hydrogens is 219 g/mol. The average Bonchev–Trinajstić information content (AvgIpc) is 2.45. The fourth-order valence-electron chi connectivity index (χ4n) is 1.42. The van der Waals surface area contributed by atoms with Crippen LogP contribution < -0.4 is 5.01 Å². The van der Waals surface area contributed by atoms with Crippen molar-refractivity contribution in [3.63, 3.8) is 0 Å². The predicted molar refractivity (Wildman–Crippen MR) is 56.6 cm³/mol. The van der Waals surface area contributed by atoms with E-state index in [9.17, 15) is 9.18 Å². The van der Waals surface area contributed by atoms with E-state index in [4.69, 9.17) is 11.6 Å². The van der Waals surface area contributed by atoms with Crippen LogP contribution in [0.3, 0.4) is 0 Å². The molecular formula is C10H8ClFN2O. The van der Waals surface area contributed by atoms with Gasteiger partial charge in [-0.2, -0.15) is 10.1 Å². The second kappa shape index (κ2) is 3.62. The summed E-state index contributed by atoms with van der Waals surface area (Å²) in [5.41, 5.74) is 0.681. The van der Waals surface area contributed by atoms with E-state index in [0.29, 0.717) is 5.71 Å². The number of halogens is 2. The number of amides is 1. The smallest absolute Gasteiger partial charge is 0.253 e. The van der Waals surface area contributed by atoms with E-state index in [1.807, 2.05) is 0 Å². The van der Waals surface area contributed by atoms with Gasteiger partial charge in [-0.1, -0.05) is 17.7 Å². The summed E-state index contributed by atoms with van der Waals surface area (Å²) in [6.45, 7) is 1.71. The van der Waals surface area contributed by atoms with E-state index >= 15 is 0 Å². The summed E-state index contributed by atoms with van der Waals surface area (Å²) in [6, 6.07) is 4.26. The minimum atomic E-state index is -0.547. The zero-order valence-corrected chi connectivity index (χ0v) is 8.75. The third-order valence-electron chi connectivity index (χ3n) is 2.06. The lowest BCUT2D eigenvalue weighted by Gasteiger charge is -2.13. The molecule has 5 heteroatoms. The van der Waals surface area contributed by atoms with E-state index in [-0.39, 0.29) is 23.0 Å². The summed E-state index contributed by atoms with van der Waals surface area (Å²) >= 11 is 5.82. The fraction of sp³-hybridized carbons (Fsp3) is 0.200. The molecule has 0 fully saturated rings. The number of para-hydroxylation sites is 1. The molecule has 0 unspecified atom stereocenters. The molecule has 0 saturated heterocycles. The first-order valence-electron chi connectivity index (χ1n) is 4.40. The molecule has 15 heavy (non-hydrogen) atoms. The van der Waals surface area contributed by atoms with Crippen LogP contribution in [0.1, 0.15) is 13.3 Å². The minimum Gasteiger partial charge on any atom is -0.272 e. The summed E-state index contributed by atoms with van der Waals surface area (Å²) in [6.07, 6.45) is 0.213. The standard InChI is InChI=1S/C10H8ClFN2O/c1-6-5-9(15)14(13-6)10-7(11)3-2-4-8(10)12/h2-4H,5H2,1H3. The highest BCUT2D eigenvalue weighted by atomic mass is 35.5. The zero-order chi connectivity index (χ0) is 11.0. The Kier molecular flexibility index (Phi) is 2.44. The molecule has 1 aromatic rings. The van der Waals surface area contributed by atoms with Gasteiger partial charge in [-0.3, -0.25) is 4.79 Å². The van der Waals surface area contributed by atoms with E-state index < -0.39 is 5.82 Å². The fourth-order valence-corrected chi connectivity index (χ4v) is 1.66. The summed E-state index contributed by atoms with van der Waals surface area (Å²) in [5.74, 6) is -0.811. The predicted octanol–water partition coefficient (Wildman–Crippen LogP) is 2.59. The molecule has 78 valence electrons. The highest BCUT2D eigenvalue weighted by Crippen LogP contribution is 2.31. The van der Waals surface area contributed by atoms with Gasteiger partial charge in [-0.15, -0.1) is 0 Å². The number of carbonyl (C=O) groups excluding carboxylic acids is 1. The molecule has 1 aromatic carbocycles. The lowest BCUT2D eigenvalue weighted by Crippen LogP contribution is -2.21. The van der Waals surface area contributed by atoms with Crippen LogP contribution in [-0.4, -0.2) is 11.6 Å². The molecule has 0 spiro atoms. The lowest BCUT2D eigenvalue weighted by molar-refractivity contribution is -0.116. The van der Waals surface area contributed by atoms with Crippen LogP contribution in [0.2, 0.25) is 5.02 Å². The number of hydrogen-bond acceptors (Lipinski definition) is 2. The summed E-state index contributed by atoms with van der Waals surface area (Å²) in [7, 11) is 0. The van der Waals surface area contributed by atoms with Crippen LogP contribution in [0.5, 0.6) is 0 Å². The van der Waals surface area contributed by atoms with Gasteiger partial charge in [0.25, 0.3) is 5.91 Å². The molecule has 3 nitrogen and oxygen atoms in total. The van der Waals surface area contributed by atoms with Crippen molar-refractivity contribution in [2.24, 2.45) is 5.10 Å².